The Bertz CT molecular complexity index is 1420. The number of hydrogen-bond donors (Lipinski definition) is 2. The lowest BCUT2D eigenvalue weighted by Crippen LogP contribution is -2.22. The highest BCUT2D eigenvalue weighted by molar-refractivity contribution is 7.17. The maximum atomic E-state index is 12.9. The lowest BCUT2D eigenvalue weighted by molar-refractivity contribution is 0.102. The van der Waals surface area contributed by atoms with Crippen LogP contribution in [0.2, 0.25) is 0 Å². The molecule has 2 aliphatic heterocycles. The van der Waals surface area contributed by atoms with Gasteiger partial charge in [0.1, 0.15) is 15.7 Å². The molecule has 158 valence electrons. The molecule has 0 aliphatic carbocycles. The van der Waals surface area contributed by atoms with Crippen molar-refractivity contribution < 1.29 is 9.63 Å². The smallest absolute Gasteiger partial charge is 0.258 e. The molecule has 0 fully saturated rings. The Morgan fingerprint density at radius 1 is 0.875 bits per heavy atom. The van der Waals surface area contributed by atoms with E-state index in [4.69, 9.17) is 9.83 Å². The Morgan fingerprint density at radius 2 is 1.59 bits per heavy atom. The molecule has 8 heteroatoms. The summed E-state index contributed by atoms with van der Waals surface area (Å²) in [5.41, 5.74) is 4.63. The second kappa shape index (κ2) is 7.22. The Hall–Kier alpha value is -3.62. The summed E-state index contributed by atoms with van der Waals surface area (Å²) < 4.78 is 0. The summed E-state index contributed by atoms with van der Waals surface area (Å²) >= 11 is 3.18. The molecule has 0 atom stereocenters. The van der Waals surface area contributed by atoms with Crippen LogP contribution in [0, 0.1) is 13.8 Å². The van der Waals surface area contributed by atoms with Crippen LogP contribution in [-0.2, 0) is 4.84 Å². The Labute approximate surface area is 192 Å². The van der Waals surface area contributed by atoms with Crippen LogP contribution in [0.4, 0.5) is 32.8 Å². The first-order valence-corrected chi connectivity index (χ1v) is 11.7. The first-order valence-electron chi connectivity index (χ1n) is 10.1. The van der Waals surface area contributed by atoms with Gasteiger partial charge < -0.3 is 15.5 Å². The van der Waals surface area contributed by atoms with Crippen LogP contribution in [0.15, 0.2) is 65.7 Å². The monoisotopic (exact) mass is 458 g/mol. The van der Waals surface area contributed by atoms with Gasteiger partial charge in [0.05, 0.1) is 28.2 Å². The summed E-state index contributed by atoms with van der Waals surface area (Å²) in [7, 11) is 0. The molecular formula is C24H18N4O2S2. The van der Waals surface area contributed by atoms with Gasteiger partial charge in [-0.2, -0.15) is 5.06 Å². The number of benzene rings is 2. The maximum absolute atomic E-state index is 12.9. The zero-order chi connectivity index (χ0) is 21.8. The average Bonchev–Trinajstić information content (AvgIpc) is 3.28. The van der Waals surface area contributed by atoms with E-state index >= 15 is 0 Å². The minimum Gasteiger partial charge on any atom is -0.353 e. The molecule has 2 aromatic heterocycles. The third kappa shape index (κ3) is 3.07. The fraction of sp³-hybridized carbons (Fsp3) is 0.0833. The van der Waals surface area contributed by atoms with Crippen LogP contribution < -0.4 is 15.7 Å². The summed E-state index contributed by atoms with van der Waals surface area (Å²) in [5, 5.41) is 9.93. The van der Waals surface area contributed by atoms with E-state index in [1.165, 1.54) is 11.3 Å². The first-order chi connectivity index (χ1) is 15.6. The maximum Gasteiger partial charge on any atom is 0.258 e. The average molecular weight is 459 g/mol. The van der Waals surface area contributed by atoms with Crippen LogP contribution >= 0.6 is 22.7 Å². The predicted molar refractivity (Wildman–Crippen MR) is 132 cm³/mol. The van der Waals surface area contributed by atoms with E-state index in [1.807, 2.05) is 61.5 Å². The molecular weight excluding hydrogens is 440 g/mol. The van der Waals surface area contributed by atoms with E-state index in [0.29, 0.717) is 17.1 Å². The normalized spacial score (nSPS) is 14.0. The lowest BCUT2D eigenvalue weighted by atomic mass is 10.2. The topological polar surface area (TPSA) is 66.0 Å². The van der Waals surface area contributed by atoms with Gasteiger partial charge >= 0.3 is 0 Å². The molecule has 6 rings (SSSR count). The number of aryl methyl sites for hydroxylation is 2. The Morgan fingerprint density at radius 3 is 2.47 bits per heavy atom. The molecule has 4 heterocycles. The van der Waals surface area contributed by atoms with Crippen LogP contribution in [-0.4, -0.2) is 11.8 Å². The van der Waals surface area contributed by atoms with Crippen molar-refractivity contribution in [1.82, 2.24) is 0 Å². The van der Waals surface area contributed by atoms with Gasteiger partial charge in [0.15, 0.2) is 0 Å². The van der Waals surface area contributed by atoms with Crippen molar-refractivity contribution in [3.05, 3.63) is 81.5 Å². The number of carbonyl (C=O) groups is 1. The number of fused-ring (bicyclic) bond motifs is 4. The van der Waals surface area contributed by atoms with Crippen LogP contribution in [0.25, 0.3) is 0 Å². The van der Waals surface area contributed by atoms with E-state index in [-0.39, 0.29) is 5.91 Å². The fourth-order valence-corrected chi connectivity index (χ4v) is 5.73. The largest absolute Gasteiger partial charge is 0.353 e. The van der Waals surface area contributed by atoms with Gasteiger partial charge in [-0.3, -0.25) is 4.79 Å². The molecule has 0 spiro atoms. The van der Waals surface area contributed by atoms with Gasteiger partial charge in [-0.05, 0) is 50.2 Å². The number of aliphatic imine (C=N–C) groups is 1. The second-order valence-corrected chi connectivity index (χ2v) is 10.1. The highest BCUT2D eigenvalue weighted by Crippen LogP contribution is 2.44. The van der Waals surface area contributed by atoms with Gasteiger partial charge in [-0.15, -0.1) is 22.7 Å². The second-order valence-electron chi connectivity index (χ2n) is 7.59. The zero-order valence-corrected chi connectivity index (χ0v) is 18.9. The molecule has 6 nitrogen and oxygen atoms in total. The summed E-state index contributed by atoms with van der Waals surface area (Å²) in [5.74, 6) is 0.327. The minimum atomic E-state index is -0.148. The first kappa shape index (κ1) is 19.1. The van der Waals surface area contributed by atoms with Crippen molar-refractivity contribution in [3.8, 4) is 0 Å². The van der Waals surface area contributed by atoms with Crippen LogP contribution in [0.3, 0.4) is 0 Å². The summed E-state index contributed by atoms with van der Waals surface area (Å²) in [4.78, 5) is 26.6. The molecule has 2 aromatic carbocycles. The van der Waals surface area contributed by atoms with Gasteiger partial charge in [-0.1, -0.05) is 24.3 Å². The van der Waals surface area contributed by atoms with Crippen molar-refractivity contribution in [2.45, 2.75) is 13.8 Å². The Balaban J connectivity index is 1.54. The van der Waals surface area contributed by atoms with E-state index in [9.17, 15) is 4.79 Å². The highest BCUT2D eigenvalue weighted by Gasteiger charge is 2.31. The molecule has 0 unspecified atom stereocenters. The van der Waals surface area contributed by atoms with Gasteiger partial charge in [0, 0.05) is 9.75 Å². The number of para-hydroxylation sites is 4. The molecule has 2 N–H and O–H groups in total. The number of nitrogens with zero attached hydrogens (tertiary/aromatic N) is 2. The van der Waals surface area contributed by atoms with Crippen molar-refractivity contribution in [2.75, 3.05) is 15.7 Å². The van der Waals surface area contributed by atoms with Crippen molar-refractivity contribution >= 4 is 67.2 Å². The standard InChI is InChI=1S/C24H18N4O2S2/c1-13-12-16-22(26-17-7-3-4-8-18(17)27-23(16)31-13)30-28-20-10-6-5-9-19(20)25-21(29)15-11-14(2)32-24(15)28/h3-12,27H,1-2H3,(H,25,29). The summed E-state index contributed by atoms with van der Waals surface area (Å²) in [6.07, 6.45) is 0. The van der Waals surface area contributed by atoms with E-state index in [0.717, 1.165) is 42.4 Å². The van der Waals surface area contributed by atoms with Gasteiger partial charge in [-0.25, -0.2) is 4.99 Å². The van der Waals surface area contributed by atoms with Gasteiger partial charge in [0.2, 0.25) is 0 Å². The number of nitrogens with one attached hydrogen (secondary N) is 2. The quantitative estimate of drug-likeness (QED) is 0.326. The highest BCUT2D eigenvalue weighted by atomic mass is 32.1. The lowest BCUT2D eigenvalue weighted by Gasteiger charge is -2.24. The summed E-state index contributed by atoms with van der Waals surface area (Å²) in [6, 6.07) is 19.5. The number of anilines is 5. The molecule has 0 saturated heterocycles. The molecule has 32 heavy (non-hydrogen) atoms. The summed E-state index contributed by atoms with van der Waals surface area (Å²) in [6.45, 7) is 4.05. The predicted octanol–water partition coefficient (Wildman–Crippen LogP) is 6.90. The van der Waals surface area contributed by atoms with Crippen LogP contribution in [0.1, 0.15) is 25.7 Å². The fourth-order valence-electron chi connectivity index (χ4n) is 3.85. The number of amides is 1. The van der Waals surface area contributed by atoms with E-state index < -0.39 is 0 Å². The molecule has 2 aliphatic rings. The van der Waals surface area contributed by atoms with Crippen LogP contribution in [0.5, 0.6) is 0 Å². The van der Waals surface area contributed by atoms with Crippen molar-refractivity contribution in [2.24, 2.45) is 4.99 Å². The Kier molecular flexibility index (Phi) is 4.31. The molecule has 0 saturated carbocycles. The number of carbonyl (C=O) groups excluding carboxylic acids is 1. The molecule has 0 bridgehead atoms. The molecule has 0 radical (unpaired) electrons. The SMILES string of the molecule is Cc1cc2c(s1)Nc1ccccc1N=C2ON1c2ccccc2NC(=O)c2cc(C)sc21. The zero-order valence-electron chi connectivity index (χ0n) is 17.3. The minimum absolute atomic E-state index is 0.148. The number of thiophene rings is 2. The number of hydrogen-bond acceptors (Lipinski definition) is 7. The van der Waals surface area contributed by atoms with Crippen molar-refractivity contribution in [3.63, 3.8) is 0 Å². The van der Waals surface area contributed by atoms with Gasteiger partial charge in [0.25, 0.3) is 11.8 Å². The third-order valence-corrected chi connectivity index (χ3v) is 7.26. The third-order valence-electron chi connectivity index (χ3n) is 5.27. The molecule has 4 aromatic rings. The van der Waals surface area contributed by atoms with Crippen molar-refractivity contribution in [1.29, 1.82) is 0 Å². The van der Waals surface area contributed by atoms with E-state index in [2.05, 4.69) is 23.6 Å². The molecule has 1 amide bonds. The van der Waals surface area contributed by atoms with E-state index in [1.54, 1.807) is 16.4 Å². The number of rotatable bonds is 1.